The summed E-state index contributed by atoms with van der Waals surface area (Å²) in [6.07, 6.45) is 2.31. The van der Waals surface area contributed by atoms with Gasteiger partial charge in [-0.15, -0.1) is 0 Å². The van der Waals surface area contributed by atoms with Crippen LogP contribution >= 0.6 is 11.6 Å². The van der Waals surface area contributed by atoms with Crippen molar-refractivity contribution in [1.29, 1.82) is 0 Å². The van der Waals surface area contributed by atoms with Gasteiger partial charge >= 0.3 is 0 Å². The molecular weight excluding hydrogens is 476 g/mol. The number of hydrogen-bond acceptors (Lipinski definition) is 4. The molecule has 184 valence electrons. The van der Waals surface area contributed by atoms with Crippen molar-refractivity contribution in [3.8, 4) is 5.75 Å². The van der Waals surface area contributed by atoms with Gasteiger partial charge in [0.05, 0.1) is 23.1 Å². The van der Waals surface area contributed by atoms with Gasteiger partial charge in [-0.3, -0.25) is 14.4 Å². The third-order valence-electron chi connectivity index (χ3n) is 6.00. The smallest absolute Gasteiger partial charge is 0.244 e. The second kappa shape index (κ2) is 10.8. The molecule has 4 rings (SSSR count). The number of halogens is 1. The summed E-state index contributed by atoms with van der Waals surface area (Å²) in [6.45, 7) is 6.09. The van der Waals surface area contributed by atoms with Crippen LogP contribution in [0.4, 0.5) is 5.69 Å². The number of benzene rings is 3. The summed E-state index contributed by atoms with van der Waals surface area (Å²) in [5, 5.41) is 3.69. The van der Waals surface area contributed by atoms with Crippen LogP contribution in [-0.2, 0) is 17.8 Å². The molecule has 1 amide bonds. The van der Waals surface area contributed by atoms with Gasteiger partial charge in [-0.1, -0.05) is 48.9 Å². The highest BCUT2D eigenvalue weighted by molar-refractivity contribution is 6.31. The Balaban J connectivity index is 1.76. The minimum atomic E-state index is -0.405. The van der Waals surface area contributed by atoms with Gasteiger partial charge in [0, 0.05) is 22.5 Å². The molecule has 7 heteroatoms. The van der Waals surface area contributed by atoms with Crippen molar-refractivity contribution >= 4 is 39.9 Å². The van der Waals surface area contributed by atoms with Crippen molar-refractivity contribution < 1.29 is 14.3 Å². The van der Waals surface area contributed by atoms with Gasteiger partial charge in [0.1, 0.15) is 12.3 Å². The van der Waals surface area contributed by atoms with Crippen LogP contribution in [0.3, 0.4) is 0 Å². The van der Waals surface area contributed by atoms with E-state index in [1.807, 2.05) is 39.0 Å². The highest BCUT2D eigenvalue weighted by atomic mass is 35.5. The normalized spacial score (nSPS) is 10.9. The first kappa shape index (κ1) is 25.2. The maximum atomic E-state index is 13.4. The van der Waals surface area contributed by atoms with Crippen molar-refractivity contribution in [2.24, 2.45) is 0 Å². The van der Waals surface area contributed by atoms with Crippen LogP contribution in [0.15, 0.2) is 71.7 Å². The lowest BCUT2D eigenvalue weighted by molar-refractivity contribution is -0.116. The summed E-state index contributed by atoms with van der Waals surface area (Å²) in [7, 11) is 0. The number of hydrogen-bond donors (Lipinski definition) is 1. The standard InChI is InChI=1S/C29H27ClN2O4/c1-4-19-7-9-20(10-8-19)28(34)24-16-32(17-27(33)31-21-11-6-18(3)25(30)14-21)26-13-12-22(36-5-2)15-23(26)29(24)35/h6-16H,4-5,17H2,1-3H3,(H,31,33). The average Bonchev–Trinajstić information content (AvgIpc) is 2.88. The summed E-state index contributed by atoms with van der Waals surface area (Å²) in [5.41, 5.74) is 3.09. The number of ketones is 1. The summed E-state index contributed by atoms with van der Waals surface area (Å²) in [6, 6.07) is 17.5. The van der Waals surface area contributed by atoms with Gasteiger partial charge in [0.25, 0.3) is 0 Å². The SMILES string of the molecule is CCOc1ccc2c(c1)c(=O)c(C(=O)c1ccc(CC)cc1)cn2CC(=O)Nc1ccc(C)c(Cl)c1. The number of nitrogens with one attached hydrogen (secondary N) is 1. The number of aromatic nitrogens is 1. The van der Waals surface area contributed by atoms with Crippen molar-refractivity contribution in [1.82, 2.24) is 4.57 Å². The Hall–Kier alpha value is -3.90. The molecule has 36 heavy (non-hydrogen) atoms. The lowest BCUT2D eigenvalue weighted by Gasteiger charge is -2.15. The van der Waals surface area contributed by atoms with Crippen LogP contribution in [0, 0.1) is 6.92 Å². The van der Waals surface area contributed by atoms with Crippen LogP contribution in [0.5, 0.6) is 5.75 Å². The first-order valence-electron chi connectivity index (χ1n) is 11.8. The highest BCUT2D eigenvalue weighted by Gasteiger charge is 2.19. The molecule has 0 saturated carbocycles. The highest BCUT2D eigenvalue weighted by Crippen LogP contribution is 2.22. The molecule has 0 aliphatic carbocycles. The predicted octanol–water partition coefficient (Wildman–Crippen LogP) is 5.79. The first-order valence-corrected chi connectivity index (χ1v) is 12.2. The van der Waals surface area contributed by atoms with Crippen LogP contribution in [0.2, 0.25) is 5.02 Å². The zero-order valence-corrected chi connectivity index (χ0v) is 21.2. The Labute approximate surface area is 214 Å². The fourth-order valence-electron chi connectivity index (χ4n) is 4.00. The van der Waals surface area contributed by atoms with E-state index in [1.165, 1.54) is 6.20 Å². The van der Waals surface area contributed by atoms with Gasteiger partial charge in [-0.05, 0) is 61.7 Å². The van der Waals surface area contributed by atoms with E-state index in [0.29, 0.717) is 39.5 Å². The summed E-state index contributed by atoms with van der Waals surface area (Å²) < 4.78 is 7.19. The molecule has 4 aromatic rings. The molecule has 0 saturated heterocycles. The Morgan fingerprint density at radius 3 is 2.42 bits per heavy atom. The lowest BCUT2D eigenvalue weighted by Crippen LogP contribution is -2.24. The van der Waals surface area contributed by atoms with E-state index in [4.69, 9.17) is 16.3 Å². The van der Waals surface area contributed by atoms with E-state index >= 15 is 0 Å². The van der Waals surface area contributed by atoms with E-state index < -0.39 is 11.2 Å². The summed E-state index contributed by atoms with van der Waals surface area (Å²) in [5.74, 6) is -0.199. The molecule has 1 heterocycles. The van der Waals surface area contributed by atoms with Crippen molar-refractivity contribution in [2.75, 3.05) is 11.9 Å². The van der Waals surface area contributed by atoms with Crippen LogP contribution in [-0.4, -0.2) is 22.9 Å². The van der Waals surface area contributed by atoms with Crippen molar-refractivity contribution in [2.45, 2.75) is 33.7 Å². The zero-order chi connectivity index (χ0) is 25.8. The summed E-state index contributed by atoms with van der Waals surface area (Å²) >= 11 is 6.19. The Bertz CT molecular complexity index is 1510. The van der Waals surface area contributed by atoms with Crippen molar-refractivity contribution in [3.63, 3.8) is 0 Å². The molecule has 0 aliphatic rings. The number of aryl methyl sites for hydroxylation is 2. The van der Waals surface area contributed by atoms with Gasteiger partial charge in [0.2, 0.25) is 11.3 Å². The minimum absolute atomic E-state index is 0.00780. The molecule has 3 aromatic carbocycles. The molecule has 1 aromatic heterocycles. The van der Waals surface area contributed by atoms with E-state index in [1.54, 1.807) is 47.0 Å². The lowest BCUT2D eigenvalue weighted by atomic mass is 10.0. The van der Waals surface area contributed by atoms with Gasteiger partial charge in [-0.25, -0.2) is 0 Å². The minimum Gasteiger partial charge on any atom is -0.494 e. The molecule has 1 N–H and O–H groups in total. The second-order valence-corrected chi connectivity index (χ2v) is 8.91. The largest absolute Gasteiger partial charge is 0.494 e. The molecule has 0 bridgehead atoms. The Morgan fingerprint density at radius 1 is 1.00 bits per heavy atom. The third-order valence-corrected chi connectivity index (χ3v) is 6.41. The van der Waals surface area contributed by atoms with Crippen molar-refractivity contribution in [3.05, 3.63) is 104 Å². The van der Waals surface area contributed by atoms with Crippen LogP contribution < -0.4 is 15.5 Å². The molecule has 6 nitrogen and oxygen atoms in total. The monoisotopic (exact) mass is 502 g/mol. The topological polar surface area (TPSA) is 77.4 Å². The molecular formula is C29H27ClN2O4. The number of carbonyl (C=O) groups is 2. The van der Waals surface area contributed by atoms with E-state index in [-0.39, 0.29) is 18.0 Å². The van der Waals surface area contributed by atoms with Gasteiger partial charge in [-0.2, -0.15) is 0 Å². The maximum Gasteiger partial charge on any atom is 0.244 e. The number of carbonyl (C=O) groups excluding carboxylic acids is 2. The third kappa shape index (κ3) is 5.34. The number of pyridine rings is 1. The first-order chi connectivity index (χ1) is 17.3. The van der Waals surface area contributed by atoms with Gasteiger partial charge < -0.3 is 14.6 Å². The summed E-state index contributed by atoms with van der Waals surface area (Å²) in [4.78, 5) is 39.7. The molecule has 0 spiro atoms. The Kier molecular flexibility index (Phi) is 7.55. The Morgan fingerprint density at radius 2 is 1.75 bits per heavy atom. The molecule has 0 radical (unpaired) electrons. The number of fused-ring (bicyclic) bond motifs is 1. The number of nitrogens with zero attached hydrogens (tertiary/aromatic N) is 1. The average molecular weight is 503 g/mol. The molecule has 0 unspecified atom stereocenters. The molecule has 0 atom stereocenters. The fourth-order valence-corrected chi connectivity index (χ4v) is 4.18. The van der Waals surface area contributed by atoms with E-state index in [9.17, 15) is 14.4 Å². The predicted molar refractivity (Wildman–Crippen MR) is 143 cm³/mol. The number of ether oxygens (including phenoxy) is 1. The van der Waals surface area contributed by atoms with E-state index in [0.717, 1.165) is 17.5 Å². The fraction of sp³-hybridized carbons (Fsp3) is 0.207. The molecule has 0 fully saturated rings. The quantitative estimate of drug-likeness (QED) is 0.309. The second-order valence-electron chi connectivity index (χ2n) is 8.50. The zero-order valence-electron chi connectivity index (χ0n) is 20.4. The molecule has 0 aliphatic heterocycles. The van der Waals surface area contributed by atoms with E-state index in [2.05, 4.69) is 5.32 Å². The number of rotatable bonds is 8. The van der Waals surface area contributed by atoms with Crippen LogP contribution in [0.1, 0.15) is 40.9 Å². The maximum absolute atomic E-state index is 13.4. The van der Waals surface area contributed by atoms with Gasteiger partial charge in [0.15, 0.2) is 5.78 Å². The number of anilines is 1. The van der Waals surface area contributed by atoms with Crippen LogP contribution in [0.25, 0.3) is 10.9 Å². The number of amides is 1.